The lowest BCUT2D eigenvalue weighted by molar-refractivity contribution is -0.419. The van der Waals surface area contributed by atoms with Gasteiger partial charge in [-0.15, -0.1) is 0 Å². The number of nitrogens with zero attached hydrogens (tertiary/aromatic N) is 1. The Morgan fingerprint density at radius 1 is 1.53 bits per heavy atom. The molecular weight excluding hydrogens is 198 g/mol. The molecule has 0 amide bonds. The molecule has 0 bridgehead atoms. The summed E-state index contributed by atoms with van der Waals surface area (Å²) in [5.74, 6) is -0.0160. The smallest absolute Gasteiger partial charge is 0.266 e. The summed E-state index contributed by atoms with van der Waals surface area (Å²) >= 11 is 0. The minimum Gasteiger partial charge on any atom is -0.371 e. The summed E-state index contributed by atoms with van der Waals surface area (Å²) in [5.41, 5.74) is 0.905. The summed E-state index contributed by atoms with van der Waals surface area (Å²) in [5, 5.41) is 19.0. The van der Waals surface area contributed by atoms with Crippen LogP contribution < -0.4 is 0 Å². The second-order valence-electron chi connectivity index (χ2n) is 3.26. The van der Waals surface area contributed by atoms with E-state index in [2.05, 4.69) is 0 Å². The van der Waals surface area contributed by atoms with E-state index in [-0.39, 0.29) is 25.0 Å². The fraction of sp³-hybridized carbons (Fsp3) is 0.400. The molecule has 82 valence electrons. The Balaban J connectivity index is 2.74. The van der Waals surface area contributed by atoms with Crippen LogP contribution >= 0.6 is 0 Å². The molecule has 0 radical (unpaired) electrons. The Morgan fingerprint density at radius 2 is 2.27 bits per heavy atom. The van der Waals surface area contributed by atoms with Gasteiger partial charge in [0.25, 0.3) is 5.70 Å². The molecule has 0 fully saturated rings. The SMILES string of the molecule is CC1C=C(COCO)C=CC([N+](=O)[O-])=C1. The molecule has 1 unspecified atom stereocenters. The maximum absolute atomic E-state index is 10.6. The zero-order valence-electron chi connectivity index (χ0n) is 8.42. The van der Waals surface area contributed by atoms with Crippen molar-refractivity contribution in [3.05, 3.63) is 45.7 Å². The molecule has 0 aliphatic heterocycles. The Morgan fingerprint density at radius 3 is 2.87 bits per heavy atom. The van der Waals surface area contributed by atoms with Gasteiger partial charge in [0.05, 0.1) is 11.5 Å². The van der Waals surface area contributed by atoms with E-state index in [1.165, 1.54) is 6.08 Å². The minimum absolute atomic E-state index is 0.0160. The predicted octanol–water partition coefficient (Wildman–Crippen LogP) is 1.25. The van der Waals surface area contributed by atoms with E-state index in [0.717, 1.165) is 5.57 Å². The van der Waals surface area contributed by atoms with Gasteiger partial charge in [-0.05, 0) is 11.5 Å². The third-order valence-electron chi connectivity index (χ3n) is 1.95. The average Bonchev–Trinajstić information content (AvgIpc) is 2.37. The second kappa shape index (κ2) is 5.43. The van der Waals surface area contributed by atoms with Gasteiger partial charge in [0.2, 0.25) is 0 Å². The van der Waals surface area contributed by atoms with E-state index >= 15 is 0 Å². The monoisotopic (exact) mass is 211 g/mol. The summed E-state index contributed by atoms with van der Waals surface area (Å²) in [6.45, 7) is 1.76. The summed E-state index contributed by atoms with van der Waals surface area (Å²) in [6, 6.07) is 0. The van der Waals surface area contributed by atoms with E-state index in [9.17, 15) is 10.1 Å². The van der Waals surface area contributed by atoms with Crippen molar-refractivity contribution < 1.29 is 14.8 Å². The molecule has 5 heteroatoms. The van der Waals surface area contributed by atoms with Crippen LogP contribution in [0.3, 0.4) is 0 Å². The number of aliphatic hydroxyl groups excluding tert-OH is 1. The fourth-order valence-electron chi connectivity index (χ4n) is 1.34. The van der Waals surface area contributed by atoms with Gasteiger partial charge >= 0.3 is 0 Å². The van der Waals surface area contributed by atoms with Gasteiger partial charge in [0.15, 0.2) is 0 Å². The molecule has 1 aliphatic carbocycles. The second-order valence-corrected chi connectivity index (χ2v) is 3.26. The van der Waals surface area contributed by atoms with Crippen LogP contribution in [-0.2, 0) is 4.74 Å². The van der Waals surface area contributed by atoms with E-state index < -0.39 is 4.92 Å². The van der Waals surface area contributed by atoms with Crippen molar-refractivity contribution in [3.8, 4) is 0 Å². The van der Waals surface area contributed by atoms with Gasteiger partial charge in [0, 0.05) is 12.2 Å². The lowest BCUT2D eigenvalue weighted by Gasteiger charge is -2.02. The van der Waals surface area contributed by atoms with Crippen LogP contribution in [0.5, 0.6) is 0 Å². The van der Waals surface area contributed by atoms with E-state index in [4.69, 9.17) is 9.84 Å². The maximum atomic E-state index is 10.6. The van der Waals surface area contributed by atoms with Crippen LogP contribution in [0.1, 0.15) is 6.92 Å². The molecule has 0 aromatic heterocycles. The quantitative estimate of drug-likeness (QED) is 0.431. The minimum atomic E-state index is -0.420. The van der Waals surface area contributed by atoms with Crippen LogP contribution in [0.15, 0.2) is 35.6 Å². The standard InChI is InChI=1S/C10H13NO4/c1-8-4-9(6-15-7-12)2-3-10(5-8)11(13)14/h2-5,8,12H,6-7H2,1H3. The van der Waals surface area contributed by atoms with Crippen molar-refractivity contribution in [2.75, 3.05) is 13.4 Å². The molecule has 1 N–H and O–H groups in total. The zero-order valence-corrected chi connectivity index (χ0v) is 8.42. The van der Waals surface area contributed by atoms with Crippen molar-refractivity contribution >= 4 is 0 Å². The third-order valence-corrected chi connectivity index (χ3v) is 1.95. The Labute approximate surface area is 87.5 Å². The molecule has 1 rings (SSSR count). The highest BCUT2D eigenvalue weighted by atomic mass is 16.6. The number of ether oxygens (including phenoxy) is 1. The summed E-state index contributed by atoms with van der Waals surface area (Å²) in [6.07, 6.45) is 6.51. The topological polar surface area (TPSA) is 72.6 Å². The molecule has 0 saturated carbocycles. The number of nitro groups is 1. The molecule has 0 aromatic rings. The molecule has 0 heterocycles. The Hall–Kier alpha value is -1.46. The molecule has 0 spiro atoms. The lowest BCUT2D eigenvalue weighted by atomic mass is 10.1. The Kier molecular flexibility index (Phi) is 4.20. The Bertz CT molecular complexity index is 330. The van der Waals surface area contributed by atoms with Crippen molar-refractivity contribution in [1.29, 1.82) is 0 Å². The number of rotatable bonds is 4. The van der Waals surface area contributed by atoms with Crippen LogP contribution in [0.2, 0.25) is 0 Å². The lowest BCUT2D eigenvalue weighted by Crippen LogP contribution is -1.98. The highest BCUT2D eigenvalue weighted by Gasteiger charge is 2.11. The number of allylic oxidation sites excluding steroid dienone is 3. The molecule has 0 aromatic carbocycles. The number of hydrogen-bond acceptors (Lipinski definition) is 4. The highest BCUT2D eigenvalue weighted by Crippen LogP contribution is 2.15. The highest BCUT2D eigenvalue weighted by molar-refractivity contribution is 5.30. The van der Waals surface area contributed by atoms with Gasteiger partial charge < -0.3 is 9.84 Å². The predicted molar refractivity (Wildman–Crippen MR) is 54.5 cm³/mol. The van der Waals surface area contributed by atoms with Gasteiger partial charge in [-0.25, -0.2) is 0 Å². The summed E-state index contributed by atoms with van der Waals surface area (Å²) in [7, 11) is 0. The molecule has 15 heavy (non-hydrogen) atoms. The largest absolute Gasteiger partial charge is 0.371 e. The van der Waals surface area contributed by atoms with Crippen LogP contribution in [0.25, 0.3) is 0 Å². The van der Waals surface area contributed by atoms with E-state index in [1.807, 2.05) is 13.0 Å². The molecule has 0 saturated heterocycles. The van der Waals surface area contributed by atoms with Gasteiger partial charge in [0.1, 0.15) is 6.79 Å². The molecule has 5 nitrogen and oxygen atoms in total. The molecular formula is C10H13NO4. The molecule has 1 aliphatic rings. The van der Waals surface area contributed by atoms with Gasteiger partial charge in [-0.3, -0.25) is 10.1 Å². The van der Waals surface area contributed by atoms with Crippen molar-refractivity contribution in [2.45, 2.75) is 6.92 Å². The van der Waals surface area contributed by atoms with Gasteiger partial charge in [-0.1, -0.05) is 19.1 Å². The zero-order chi connectivity index (χ0) is 11.3. The van der Waals surface area contributed by atoms with E-state index in [1.54, 1.807) is 12.2 Å². The van der Waals surface area contributed by atoms with Crippen LogP contribution in [0.4, 0.5) is 0 Å². The summed E-state index contributed by atoms with van der Waals surface area (Å²) < 4.78 is 4.82. The molecule has 1 atom stereocenters. The van der Waals surface area contributed by atoms with Crippen molar-refractivity contribution in [1.82, 2.24) is 0 Å². The third kappa shape index (κ3) is 3.65. The average molecular weight is 211 g/mol. The first-order valence-electron chi connectivity index (χ1n) is 4.57. The van der Waals surface area contributed by atoms with Crippen molar-refractivity contribution in [2.24, 2.45) is 5.92 Å². The normalized spacial score (nSPS) is 20.5. The number of hydrogen-bond donors (Lipinski definition) is 1. The van der Waals surface area contributed by atoms with Crippen LogP contribution in [-0.4, -0.2) is 23.4 Å². The first-order chi connectivity index (χ1) is 7.13. The number of aliphatic hydroxyl groups is 1. The fourth-order valence-corrected chi connectivity index (χ4v) is 1.34. The first kappa shape index (κ1) is 11.6. The first-order valence-corrected chi connectivity index (χ1v) is 4.57. The summed E-state index contributed by atoms with van der Waals surface area (Å²) in [4.78, 5) is 10.1. The van der Waals surface area contributed by atoms with Crippen LogP contribution in [0, 0.1) is 16.0 Å². The van der Waals surface area contributed by atoms with E-state index in [0.29, 0.717) is 0 Å². The van der Waals surface area contributed by atoms with Gasteiger partial charge in [-0.2, -0.15) is 0 Å². The maximum Gasteiger partial charge on any atom is 0.266 e. The van der Waals surface area contributed by atoms with Crippen molar-refractivity contribution in [3.63, 3.8) is 0 Å².